The molecule has 0 saturated carbocycles. The summed E-state index contributed by atoms with van der Waals surface area (Å²) in [6, 6.07) is 87.7. The lowest BCUT2D eigenvalue weighted by molar-refractivity contribution is 0.589. The zero-order valence-electron chi connectivity index (χ0n) is 46.3. The Balaban J connectivity index is 1.18. The van der Waals surface area contributed by atoms with Crippen LogP contribution in [-0.4, -0.2) is 15.0 Å². The standard InChI is InChI=1S/C73H67N5/c1-71(2,3)58-35-43-63(44-36-58)77(61-39-31-52(32-40-61)50-21-13-10-14-22-50)65-48-60(73(7,8)9)49-66(67(65)57-30-29-51-23-19-20-28-56(51)47-57)78(64-45-37-59(38-46-64)72(4,5)6)62-41-33-55(34-42-62)70-75-68(53-24-15-11-16-25-53)74-69(76-70)54-26-17-12-18-27-54/h10-49H,1-9H3. The maximum atomic E-state index is 5.13. The molecule has 1 aromatic heterocycles. The van der Waals surface area contributed by atoms with E-state index in [-0.39, 0.29) is 16.2 Å². The molecule has 0 aliphatic heterocycles. The van der Waals surface area contributed by atoms with Crippen molar-refractivity contribution in [2.45, 2.75) is 78.6 Å². The molecule has 0 fully saturated rings. The second kappa shape index (κ2) is 20.9. The normalized spacial score (nSPS) is 11.9. The van der Waals surface area contributed by atoms with Crippen LogP contribution in [0.5, 0.6) is 0 Å². The van der Waals surface area contributed by atoms with Crippen LogP contribution in [0.4, 0.5) is 34.1 Å². The van der Waals surface area contributed by atoms with E-state index in [0.29, 0.717) is 17.5 Å². The lowest BCUT2D eigenvalue weighted by Gasteiger charge is -2.36. The second-order valence-corrected chi connectivity index (χ2v) is 23.5. The van der Waals surface area contributed by atoms with Gasteiger partial charge in [0.25, 0.3) is 0 Å². The van der Waals surface area contributed by atoms with E-state index < -0.39 is 0 Å². The summed E-state index contributed by atoms with van der Waals surface area (Å²) in [4.78, 5) is 20.2. The number of benzene rings is 10. The van der Waals surface area contributed by atoms with Crippen molar-refractivity contribution in [3.63, 3.8) is 0 Å². The maximum absolute atomic E-state index is 5.13. The molecule has 0 spiro atoms. The van der Waals surface area contributed by atoms with Crippen LogP contribution >= 0.6 is 0 Å². The Kier molecular flexibility index (Phi) is 13.7. The van der Waals surface area contributed by atoms with E-state index in [9.17, 15) is 0 Å². The van der Waals surface area contributed by atoms with Crippen LogP contribution in [0.15, 0.2) is 243 Å². The first-order valence-electron chi connectivity index (χ1n) is 27.2. The predicted molar refractivity (Wildman–Crippen MR) is 330 cm³/mol. The lowest BCUT2D eigenvalue weighted by Crippen LogP contribution is -2.20. The van der Waals surface area contributed by atoms with Crippen LogP contribution in [0.1, 0.15) is 79.0 Å². The molecule has 0 bridgehead atoms. The number of nitrogens with zero attached hydrogens (tertiary/aromatic N) is 5. The molecule has 10 aromatic carbocycles. The van der Waals surface area contributed by atoms with E-state index in [1.165, 1.54) is 38.6 Å². The zero-order chi connectivity index (χ0) is 54.2. The highest BCUT2D eigenvalue weighted by atomic mass is 15.2. The van der Waals surface area contributed by atoms with Gasteiger partial charge in [-0.2, -0.15) is 0 Å². The highest BCUT2D eigenvalue weighted by Crippen LogP contribution is 2.52. The SMILES string of the molecule is CC(C)(C)c1ccc(N(c2ccc(-c3ccccc3)cc2)c2cc(C(C)(C)C)cc(N(c3ccc(-c4nc(-c5ccccc5)nc(-c5ccccc5)n4)cc3)c3ccc(C(C)(C)C)cc3)c2-c2ccc3ccccc3c2)cc1. The molecule has 384 valence electrons. The van der Waals surface area contributed by atoms with E-state index >= 15 is 0 Å². The van der Waals surface area contributed by atoms with E-state index in [2.05, 4.69) is 278 Å². The summed E-state index contributed by atoms with van der Waals surface area (Å²) < 4.78 is 0. The van der Waals surface area contributed by atoms with Crippen molar-refractivity contribution in [3.05, 3.63) is 259 Å². The monoisotopic (exact) mass is 1010 g/mol. The smallest absolute Gasteiger partial charge is 0.164 e. The Bertz CT molecular complexity index is 3790. The molecular weight excluding hydrogens is 947 g/mol. The van der Waals surface area contributed by atoms with Gasteiger partial charge in [0.2, 0.25) is 0 Å². The number of aromatic nitrogens is 3. The Morgan fingerprint density at radius 3 is 0.962 bits per heavy atom. The average Bonchev–Trinajstić information content (AvgIpc) is 3.61. The molecule has 0 N–H and O–H groups in total. The Hall–Kier alpha value is -8.93. The molecule has 5 nitrogen and oxygen atoms in total. The molecule has 0 radical (unpaired) electrons. The van der Waals surface area contributed by atoms with Gasteiger partial charge in [0.15, 0.2) is 17.5 Å². The first-order valence-corrected chi connectivity index (χ1v) is 27.2. The fraction of sp³-hybridized carbons (Fsp3) is 0.164. The number of anilines is 6. The van der Waals surface area contributed by atoms with Crippen LogP contribution in [0.2, 0.25) is 0 Å². The van der Waals surface area contributed by atoms with E-state index in [1.807, 2.05) is 36.4 Å². The van der Waals surface area contributed by atoms with Gasteiger partial charge in [0.05, 0.1) is 11.4 Å². The van der Waals surface area contributed by atoms with Crippen molar-refractivity contribution in [2.75, 3.05) is 9.80 Å². The molecule has 11 rings (SSSR count). The minimum absolute atomic E-state index is 0.0211. The minimum Gasteiger partial charge on any atom is -0.310 e. The summed E-state index contributed by atoms with van der Waals surface area (Å²) in [7, 11) is 0. The predicted octanol–water partition coefficient (Wildman–Crippen LogP) is 20.2. The molecule has 0 amide bonds. The van der Waals surface area contributed by atoms with Gasteiger partial charge in [-0.15, -0.1) is 0 Å². The number of fused-ring (bicyclic) bond motifs is 1. The van der Waals surface area contributed by atoms with Crippen molar-refractivity contribution in [1.29, 1.82) is 0 Å². The average molecular weight is 1010 g/mol. The molecule has 5 heteroatoms. The summed E-state index contributed by atoms with van der Waals surface area (Å²) in [5.74, 6) is 1.86. The van der Waals surface area contributed by atoms with Gasteiger partial charge in [-0.3, -0.25) is 0 Å². The number of rotatable bonds is 11. The van der Waals surface area contributed by atoms with Gasteiger partial charge in [-0.25, -0.2) is 15.0 Å². The van der Waals surface area contributed by atoms with Gasteiger partial charge in [0.1, 0.15) is 0 Å². The van der Waals surface area contributed by atoms with Gasteiger partial charge >= 0.3 is 0 Å². The first-order chi connectivity index (χ1) is 37.5. The highest BCUT2D eigenvalue weighted by molar-refractivity contribution is 6.01. The molecular formula is C73H67N5. The van der Waals surface area contributed by atoms with Gasteiger partial charge in [-0.05, 0) is 139 Å². The molecule has 1 heterocycles. The fourth-order valence-corrected chi connectivity index (χ4v) is 10.2. The molecule has 0 saturated heterocycles. The molecule has 0 aliphatic rings. The number of hydrogen-bond donors (Lipinski definition) is 0. The number of hydrogen-bond acceptors (Lipinski definition) is 5. The highest BCUT2D eigenvalue weighted by Gasteiger charge is 2.30. The molecule has 0 atom stereocenters. The Labute approximate surface area is 461 Å². The fourth-order valence-electron chi connectivity index (χ4n) is 10.2. The third kappa shape index (κ3) is 10.7. The summed E-state index contributed by atoms with van der Waals surface area (Å²) in [5, 5.41) is 2.36. The van der Waals surface area contributed by atoms with Crippen LogP contribution < -0.4 is 9.80 Å². The van der Waals surface area contributed by atoms with E-state index in [1.54, 1.807) is 0 Å². The van der Waals surface area contributed by atoms with Gasteiger partial charge in [-0.1, -0.05) is 226 Å². The summed E-state index contributed by atoms with van der Waals surface area (Å²) in [6.07, 6.45) is 0. The maximum Gasteiger partial charge on any atom is 0.164 e. The zero-order valence-corrected chi connectivity index (χ0v) is 46.3. The summed E-state index contributed by atoms with van der Waals surface area (Å²) in [5.41, 5.74) is 17.0. The first kappa shape index (κ1) is 51.2. The molecule has 0 unspecified atom stereocenters. The largest absolute Gasteiger partial charge is 0.310 e. The van der Waals surface area contributed by atoms with Crippen LogP contribution in [0.25, 0.3) is 67.2 Å². The molecule has 78 heavy (non-hydrogen) atoms. The van der Waals surface area contributed by atoms with E-state index in [4.69, 9.17) is 15.0 Å². The third-order valence-corrected chi connectivity index (χ3v) is 14.8. The van der Waals surface area contributed by atoms with Crippen molar-refractivity contribution in [1.82, 2.24) is 15.0 Å². The molecule has 11 aromatic rings. The Morgan fingerprint density at radius 2 is 0.564 bits per heavy atom. The van der Waals surface area contributed by atoms with Gasteiger partial charge in [0, 0.05) is 45.0 Å². The van der Waals surface area contributed by atoms with Crippen LogP contribution in [-0.2, 0) is 16.2 Å². The summed E-state index contributed by atoms with van der Waals surface area (Å²) in [6.45, 7) is 20.6. The summed E-state index contributed by atoms with van der Waals surface area (Å²) >= 11 is 0. The van der Waals surface area contributed by atoms with Crippen molar-refractivity contribution in [3.8, 4) is 56.4 Å². The van der Waals surface area contributed by atoms with Gasteiger partial charge < -0.3 is 9.80 Å². The van der Waals surface area contributed by atoms with Crippen molar-refractivity contribution in [2.24, 2.45) is 0 Å². The van der Waals surface area contributed by atoms with E-state index in [0.717, 1.165) is 61.9 Å². The van der Waals surface area contributed by atoms with Crippen LogP contribution in [0, 0.1) is 0 Å². The van der Waals surface area contributed by atoms with Crippen molar-refractivity contribution >= 4 is 44.9 Å². The minimum atomic E-state index is -0.248. The third-order valence-electron chi connectivity index (χ3n) is 14.8. The van der Waals surface area contributed by atoms with Crippen LogP contribution in [0.3, 0.4) is 0 Å². The van der Waals surface area contributed by atoms with Crippen molar-refractivity contribution < 1.29 is 0 Å². The molecule has 0 aliphatic carbocycles. The quantitative estimate of drug-likeness (QED) is 0.129. The lowest BCUT2D eigenvalue weighted by atomic mass is 9.83. The Morgan fingerprint density at radius 1 is 0.256 bits per heavy atom. The second-order valence-electron chi connectivity index (χ2n) is 23.5. The topological polar surface area (TPSA) is 45.2 Å².